The lowest BCUT2D eigenvalue weighted by Crippen LogP contribution is -2.53. The average Bonchev–Trinajstić information content (AvgIpc) is 2.89. The molecule has 13 nitrogen and oxygen atoms in total. The molecule has 41 heavy (non-hydrogen) atoms. The van der Waals surface area contributed by atoms with Crippen LogP contribution in [0.25, 0.3) is 0 Å². The number of benzene rings is 2. The Kier molecular flexibility index (Phi) is 9.46. The predicted molar refractivity (Wildman–Crippen MR) is 161 cm³/mol. The van der Waals surface area contributed by atoms with E-state index in [0.29, 0.717) is 62.2 Å². The number of phenols is 1. The normalized spacial score (nSPS) is 22.6. The highest BCUT2D eigenvalue weighted by Crippen LogP contribution is 2.30. The van der Waals surface area contributed by atoms with Gasteiger partial charge >= 0.3 is 0 Å². The summed E-state index contributed by atoms with van der Waals surface area (Å²) in [5.41, 5.74) is 20.9. The van der Waals surface area contributed by atoms with Crippen molar-refractivity contribution in [2.45, 2.75) is 44.0 Å². The number of phenolic OH excluding ortho intramolecular Hbond substituents is 1. The fraction of sp³-hybridized carbons (Fsp3) is 0.407. The van der Waals surface area contributed by atoms with Gasteiger partial charge in [0.25, 0.3) is 5.91 Å². The number of carbonyl (C=O) groups is 1. The van der Waals surface area contributed by atoms with Crippen molar-refractivity contribution < 1.29 is 15.0 Å². The molecule has 2 fully saturated rings. The number of aryl methyl sites for hydroxylation is 1. The molecule has 14 heteroatoms. The van der Waals surface area contributed by atoms with Gasteiger partial charge in [0.15, 0.2) is 0 Å². The number of aliphatic hydroxyl groups is 1. The van der Waals surface area contributed by atoms with Gasteiger partial charge in [0.1, 0.15) is 5.75 Å². The maximum absolute atomic E-state index is 12.6. The molecule has 0 radical (unpaired) electrons. The standard InChI is InChI=1S/C27H36N10O3.ClH/c1-15-2-4-16(5-3-15)24(40)32-22-7-6-20(10-23(22)39)31-25-33-26(36-11-17(28)8-18(29)12-36)35-27(34-25)37-13-19(30)9-21(38)14-37;/h2-7,10,17-19,21,38-39H,8-9,11-14,28-30H2,1H3,(H,32,40)(H,31,33,34,35);1H/t17-,18+,19-,21+;/m0./s1. The summed E-state index contributed by atoms with van der Waals surface area (Å²) < 4.78 is 0. The van der Waals surface area contributed by atoms with Crippen LogP contribution in [0.4, 0.5) is 29.2 Å². The van der Waals surface area contributed by atoms with Crippen molar-refractivity contribution in [1.29, 1.82) is 0 Å². The van der Waals surface area contributed by atoms with Gasteiger partial charge in [-0.2, -0.15) is 15.0 Å². The van der Waals surface area contributed by atoms with Crippen LogP contribution in [0.5, 0.6) is 5.75 Å². The second-order valence-corrected chi connectivity index (χ2v) is 10.7. The molecule has 3 aromatic rings. The molecule has 0 spiro atoms. The van der Waals surface area contributed by atoms with E-state index in [0.717, 1.165) is 5.56 Å². The third kappa shape index (κ3) is 7.51. The topological polar surface area (TPSA) is 205 Å². The number of amides is 1. The molecule has 3 heterocycles. The van der Waals surface area contributed by atoms with Gasteiger partial charge in [-0.3, -0.25) is 4.79 Å². The third-order valence-corrected chi connectivity index (χ3v) is 6.97. The molecule has 2 aliphatic rings. The van der Waals surface area contributed by atoms with Crippen LogP contribution in [0.3, 0.4) is 0 Å². The lowest BCUT2D eigenvalue weighted by atomic mass is 10.0. The van der Waals surface area contributed by atoms with Gasteiger partial charge < -0.3 is 47.8 Å². The van der Waals surface area contributed by atoms with Crippen molar-refractivity contribution >= 4 is 47.5 Å². The Labute approximate surface area is 244 Å². The van der Waals surface area contributed by atoms with Crippen LogP contribution >= 0.6 is 12.4 Å². The first-order valence-corrected chi connectivity index (χ1v) is 13.3. The smallest absolute Gasteiger partial charge is 0.255 e. The van der Waals surface area contributed by atoms with E-state index in [1.54, 1.807) is 24.3 Å². The first kappa shape index (κ1) is 30.2. The van der Waals surface area contributed by atoms with Crippen molar-refractivity contribution in [2.24, 2.45) is 17.2 Å². The summed E-state index contributed by atoms with van der Waals surface area (Å²) in [5.74, 6) is 0.538. The summed E-state index contributed by atoms with van der Waals surface area (Å²) in [5, 5.41) is 26.8. The predicted octanol–water partition coefficient (Wildman–Crippen LogP) is 1.07. The minimum atomic E-state index is -0.600. The van der Waals surface area contributed by atoms with Crippen molar-refractivity contribution in [2.75, 3.05) is 46.6 Å². The monoisotopic (exact) mass is 584 g/mol. The number of aromatic nitrogens is 3. The van der Waals surface area contributed by atoms with E-state index in [1.807, 2.05) is 28.9 Å². The molecule has 5 rings (SSSR count). The number of aliphatic hydroxyl groups excluding tert-OH is 1. The van der Waals surface area contributed by atoms with Crippen molar-refractivity contribution in [3.8, 4) is 5.75 Å². The fourth-order valence-corrected chi connectivity index (χ4v) is 5.05. The number of hydrogen-bond donors (Lipinski definition) is 7. The Morgan fingerprint density at radius 1 is 0.878 bits per heavy atom. The van der Waals surface area contributed by atoms with Crippen LogP contribution in [-0.4, -0.2) is 81.5 Å². The zero-order valence-electron chi connectivity index (χ0n) is 22.8. The molecular formula is C27H37ClN10O3. The highest BCUT2D eigenvalue weighted by atomic mass is 35.5. The molecule has 220 valence electrons. The number of aromatic hydroxyl groups is 1. The quantitative estimate of drug-likeness (QED) is 0.203. The van der Waals surface area contributed by atoms with Crippen LogP contribution in [0.2, 0.25) is 0 Å². The summed E-state index contributed by atoms with van der Waals surface area (Å²) in [6.45, 7) is 3.84. The molecule has 10 N–H and O–H groups in total. The van der Waals surface area contributed by atoms with Gasteiger partial charge in [-0.15, -0.1) is 12.4 Å². The second-order valence-electron chi connectivity index (χ2n) is 10.7. The summed E-state index contributed by atoms with van der Waals surface area (Å²) in [6, 6.07) is 11.4. The van der Waals surface area contributed by atoms with E-state index >= 15 is 0 Å². The summed E-state index contributed by atoms with van der Waals surface area (Å²) >= 11 is 0. The minimum Gasteiger partial charge on any atom is -0.506 e. The minimum absolute atomic E-state index is 0. The number of nitrogens with two attached hydrogens (primary N) is 3. The summed E-state index contributed by atoms with van der Waals surface area (Å²) in [7, 11) is 0. The molecule has 2 aliphatic heterocycles. The Bertz CT molecular complexity index is 1300. The second kappa shape index (κ2) is 12.8. The largest absolute Gasteiger partial charge is 0.506 e. The first-order chi connectivity index (χ1) is 19.1. The molecule has 0 unspecified atom stereocenters. The van der Waals surface area contributed by atoms with Gasteiger partial charge in [0, 0.05) is 61.6 Å². The molecule has 1 aromatic heterocycles. The Hall–Kier alpha value is -3.75. The summed E-state index contributed by atoms with van der Waals surface area (Å²) in [4.78, 5) is 30.2. The molecule has 0 aliphatic carbocycles. The lowest BCUT2D eigenvalue weighted by Gasteiger charge is -2.36. The third-order valence-electron chi connectivity index (χ3n) is 6.97. The molecule has 2 aromatic carbocycles. The van der Waals surface area contributed by atoms with E-state index in [9.17, 15) is 15.0 Å². The van der Waals surface area contributed by atoms with E-state index in [2.05, 4.69) is 25.6 Å². The molecule has 4 atom stereocenters. The number of piperidine rings is 2. The van der Waals surface area contributed by atoms with E-state index in [1.165, 1.54) is 6.07 Å². The van der Waals surface area contributed by atoms with E-state index in [4.69, 9.17) is 17.2 Å². The maximum atomic E-state index is 12.6. The number of rotatable bonds is 6. The van der Waals surface area contributed by atoms with Crippen molar-refractivity contribution in [1.82, 2.24) is 15.0 Å². The Morgan fingerprint density at radius 2 is 1.46 bits per heavy atom. The Morgan fingerprint density at radius 3 is 2.05 bits per heavy atom. The number of anilines is 5. The molecule has 2 saturated heterocycles. The van der Waals surface area contributed by atoms with Crippen LogP contribution in [0.15, 0.2) is 42.5 Å². The first-order valence-electron chi connectivity index (χ1n) is 13.3. The SMILES string of the molecule is Cc1ccc(C(=O)Nc2ccc(Nc3nc(N4C[C@H](N)C[C@H](N)C4)nc(N4C[C@@H](N)C[C@@H](O)C4)n3)cc2O)cc1.Cl. The van der Waals surface area contributed by atoms with Crippen molar-refractivity contribution in [3.05, 3.63) is 53.6 Å². The van der Waals surface area contributed by atoms with E-state index < -0.39 is 6.10 Å². The van der Waals surface area contributed by atoms with Crippen LogP contribution in [0.1, 0.15) is 28.8 Å². The molecule has 1 amide bonds. The fourth-order valence-electron chi connectivity index (χ4n) is 5.05. The maximum Gasteiger partial charge on any atom is 0.255 e. The van der Waals surface area contributed by atoms with Crippen LogP contribution in [0, 0.1) is 6.92 Å². The number of nitrogens with zero attached hydrogens (tertiary/aromatic N) is 5. The van der Waals surface area contributed by atoms with Gasteiger partial charge in [0.2, 0.25) is 17.8 Å². The number of carbonyl (C=O) groups excluding carboxylic acids is 1. The van der Waals surface area contributed by atoms with Crippen LogP contribution in [-0.2, 0) is 0 Å². The van der Waals surface area contributed by atoms with Crippen molar-refractivity contribution in [3.63, 3.8) is 0 Å². The molecule has 0 saturated carbocycles. The number of hydrogen-bond acceptors (Lipinski definition) is 12. The zero-order valence-corrected chi connectivity index (χ0v) is 23.6. The lowest BCUT2D eigenvalue weighted by molar-refractivity contribution is 0.102. The average molecular weight is 585 g/mol. The van der Waals surface area contributed by atoms with Gasteiger partial charge in [0.05, 0.1) is 11.8 Å². The van der Waals surface area contributed by atoms with E-state index in [-0.39, 0.29) is 53.8 Å². The molecular weight excluding hydrogens is 548 g/mol. The highest BCUT2D eigenvalue weighted by molar-refractivity contribution is 6.05. The van der Waals surface area contributed by atoms with Gasteiger partial charge in [-0.25, -0.2) is 0 Å². The number of halogens is 1. The zero-order chi connectivity index (χ0) is 28.4. The Balaban J connectivity index is 0.00000387. The molecule has 0 bridgehead atoms. The number of β-amino-alcohol motifs (C(OH)–C–C–N with tert-alkyl or cyclic N) is 1. The number of nitrogens with one attached hydrogen (secondary N) is 2. The van der Waals surface area contributed by atoms with Gasteiger partial charge in [-0.1, -0.05) is 17.7 Å². The summed E-state index contributed by atoms with van der Waals surface area (Å²) in [6.07, 6.45) is 0.608. The van der Waals surface area contributed by atoms with Crippen LogP contribution < -0.4 is 37.6 Å². The van der Waals surface area contributed by atoms with Gasteiger partial charge in [-0.05, 0) is 44.0 Å². The highest BCUT2D eigenvalue weighted by Gasteiger charge is 2.29.